The summed E-state index contributed by atoms with van der Waals surface area (Å²) in [5.74, 6) is 3.10. The van der Waals surface area contributed by atoms with Crippen molar-refractivity contribution in [2.45, 2.75) is 51.7 Å². The van der Waals surface area contributed by atoms with Crippen LogP contribution in [-0.2, 0) is 29.1 Å². The molecule has 1 aliphatic carbocycles. The Morgan fingerprint density at radius 1 is 1.11 bits per heavy atom. The summed E-state index contributed by atoms with van der Waals surface area (Å²) in [7, 11) is 1.68. The fraction of sp³-hybridized carbons (Fsp3) is 0.607. The molecule has 2 aromatic rings. The molecule has 0 radical (unpaired) electrons. The molecule has 1 saturated carbocycles. The molecule has 0 N–H and O–H groups in total. The van der Waals surface area contributed by atoms with Crippen LogP contribution in [0, 0.1) is 23.6 Å². The fourth-order valence-corrected chi connectivity index (χ4v) is 5.57. The second-order valence-electron chi connectivity index (χ2n) is 10.5. The number of hydrogen-bond acceptors (Lipinski definition) is 6. The highest BCUT2D eigenvalue weighted by atomic mass is 19.1. The lowest BCUT2D eigenvalue weighted by molar-refractivity contribution is -0.133. The first-order valence-electron chi connectivity index (χ1n) is 13.3. The van der Waals surface area contributed by atoms with E-state index in [2.05, 4.69) is 14.9 Å². The number of rotatable bonds is 11. The van der Waals surface area contributed by atoms with E-state index < -0.39 is 0 Å². The van der Waals surface area contributed by atoms with Gasteiger partial charge in [0.2, 0.25) is 5.91 Å². The maximum atomic E-state index is 14.5. The fourth-order valence-electron chi connectivity index (χ4n) is 5.57. The molecule has 3 heterocycles. The van der Waals surface area contributed by atoms with Crippen molar-refractivity contribution in [2.75, 3.05) is 39.9 Å². The van der Waals surface area contributed by atoms with E-state index in [1.165, 1.54) is 25.3 Å². The summed E-state index contributed by atoms with van der Waals surface area (Å²) in [6.07, 6.45) is 9.70. The molecule has 36 heavy (non-hydrogen) atoms. The van der Waals surface area contributed by atoms with Crippen LogP contribution >= 0.6 is 0 Å². The van der Waals surface area contributed by atoms with Gasteiger partial charge in [0.15, 0.2) is 11.6 Å². The maximum absolute atomic E-state index is 14.5. The number of methoxy groups -OCH3 is 1. The summed E-state index contributed by atoms with van der Waals surface area (Å²) in [6.45, 7) is 5.71. The second-order valence-corrected chi connectivity index (χ2v) is 10.5. The summed E-state index contributed by atoms with van der Waals surface area (Å²) >= 11 is 0. The van der Waals surface area contributed by atoms with Gasteiger partial charge in [0.25, 0.3) is 0 Å². The number of halogens is 1. The summed E-state index contributed by atoms with van der Waals surface area (Å²) in [6, 6.07) is 4.92. The van der Waals surface area contributed by atoms with Crippen molar-refractivity contribution in [3.05, 3.63) is 53.4 Å². The van der Waals surface area contributed by atoms with Crippen molar-refractivity contribution < 1.29 is 18.7 Å². The van der Waals surface area contributed by atoms with E-state index >= 15 is 0 Å². The first-order chi connectivity index (χ1) is 17.6. The average molecular weight is 497 g/mol. The van der Waals surface area contributed by atoms with E-state index in [-0.39, 0.29) is 23.9 Å². The van der Waals surface area contributed by atoms with Gasteiger partial charge in [-0.15, -0.1) is 0 Å². The van der Waals surface area contributed by atoms with Crippen molar-refractivity contribution in [1.29, 1.82) is 0 Å². The Kier molecular flexibility index (Phi) is 8.12. The Labute approximate surface area is 213 Å². The van der Waals surface area contributed by atoms with Crippen LogP contribution in [0.25, 0.3) is 0 Å². The number of carbonyl (C=O) groups is 1. The van der Waals surface area contributed by atoms with E-state index in [1.54, 1.807) is 13.2 Å². The summed E-state index contributed by atoms with van der Waals surface area (Å²) in [5, 5.41) is 0. The van der Waals surface area contributed by atoms with Crippen LogP contribution < -0.4 is 4.74 Å². The van der Waals surface area contributed by atoms with Gasteiger partial charge in [0.05, 0.1) is 26.2 Å². The third kappa shape index (κ3) is 6.40. The number of benzene rings is 1. The van der Waals surface area contributed by atoms with Gasteiger partial charge in [-0.05, 0) is 80.6 Å². The van der Waals surface area contributed by atoms with E-state index in [9.17, 15) is 9.18 Å². The van der Waals surface area contributed by atoms with Crippen LogP contribution in [0.4, 0.5) is 4.39 Å². The Balaban J connectivity index is 0.990. The number of hydrogen-bond donors (Lipinski definition) is 0. The first kappa shape index (κ1) is 25.1. The zero-order valence-corrected chi connectivity index (χ0v) is 21.2. The largest absolute Gasteiger partial charge is 0.491 e. The Bertz CT molecular complexity index is 1020. The van der Waals surface area contributed by atoms with Gasteiger partial charge in [-0.1, -0.05) is 6.07 Å². The van der Waals surface area contributed by atoms with E-state index in [1.807, 2.05) is 23.4 Å². The molecular weight excluding hydrogens is 459 g/mol. The molecule has 194 valence electrons. The predicted octanol–water partition coefficient (Wildman–Crippen LogP) is 3.85. The highest BCUT2D eigenvalue weighted by Crippen LogP contribution is 2.49. The van der Waals surface area contributed by atoms with Crippen LogP contribution in [0.5, 0.6) is 5.75 Å². The molecule has 0 bridgehead atoms. The molecule has 3 fully saturated rings. The molecule has 1 aromatic heterocycles. The van der Waals surface area contributed by atoms with Gasteiger partial charge >= 0.3 is 0 Å². The van der Waals surface area contributed by atoms with Crippen molar-refractivity contribution in [3.63, 3.8) is 0 Å². The Morgan fingerprint density at radius 2 is 1.89 bits per heavy atom. The third-order valence-corrected chi connectivity index (χ3v) is 7.96. The zero-order valence-electron chi connectivity index (χ0n) is 21.2. The quantitative estimate of drug-likeness (QED) is 0.471. The van der Waals surface area contributed by atoms with Crippen LogP contribution in [0.1, 0.15) is 49.1 Å². The van der Waals surface area contributed by atoms with Crippen molar-refractivity contribution >= 4 is 5.91 Å². The van der Waals surface area contributed by atoms with Gasteiger partial charge in [0, 0.05) is 38.2 Å². The number of amides is 1. The second kappa shape index (κ2) is 11.6. The van der Waals surface area contributed by atoms with Crippen molar-refractivity contribution in [2.24, 2.45) is 17.8 Å². The standard InChI is InChI=1S/C28H37FN4O3/c1-35-19-21-16-30-27(31-17-21)18-32-10-5-22(6-11-32)24-15-23(24)7-12-36-26-4-3-20(13-25(26)29)14-28(34)33-8-2-9-33/h3-4,13,16-17,22-24H,2,5-12,14-15,18-19H2,1H3/t23?,24-/m1/s1. The lowest BCUT2D eigenvalue weighted by Gasteiger charge is -2.31. The number of piperidine rings is 1. The Morgan fingerprint density at radius 3 is 2.56 bits per heavy atom. The van der Waals surface area contributed by atoms with Crippen LogP contribution in [-0.4, -0.2) is 65.6 Å². The molecule has 0 spiro atoms. The summed E-state index contributed by atoms with van der Waals surface area (Å²) in [4.78, 5) is 25.3. The van der Waals surface area contributed by atoms with Crippen molar-refractivity contribution in [3.8, 4) is 5.75 Å². The third-order valence-electron chi connectivity index (χ3n) is 7.96. The van der Waals surface area contributed by atoms with Crippen LogP contribution in [0.15, 0.2) is 30.6 Å². The monoisotopic (exact) mass is 496 g/mol. The van der Waals surface area contributed by atoms with E-state index in [4.69, 9.17) is 9.47 Å². The van der Waals surface area contributed by atoms with Gasteiger partial charge in [-0.3, -0.25) is 9.69 Å². The van der Waals surface area contributed by atoms with Crippen LogP contribution in [0.3, 0.4) is 0 Å². The molecule has 2 atom stereocenters. The number of carbonyl (C=O) groups excluding carboxylic acids is 1. The number of ether oxygens (including phenoxy) is 2. The average Bonchev–Trinajstić information content (AvgIpc) is 3.61. The lowest BCUT2D eigenvalue weighted by Crippen LogP contribution is -2.42. The minimum Gasteiger partial charge on any atom is -0.491 e. The van der Waals surface area contributed by atoms with E-state index in [0.29, 0.717) is 24.7 Å². The highest BCUT2D eigenvalue weighted by Gasteiger charge is 2.43. The molecule has 1 unspecified atom stereocenters. The highest BCUT2D eigenvalue weighted by molar-refractivity contribution is 5.79. The molecule has 1 aromatic carbocycles. The van der Waals surface area contributed by atoms with Crippen LogP contribution in [0.2, 0.25) is 0 Å². The smallest absolute Gasteiger partial charge is 0.226 e. The van der Waals surface area contributed by atoms with E-state index in [0.717, 1.165) is 68.8 Å². The van der Waals surface area contributed by atoms with Gasteiger partial charge < -0.3 is 14.4 Å². The molecule has 3 aliphatic rings. The first-order valence-corrected chi connectivity index (χ1v) is 13.3. The molecule has 2 saturated heterocycles. The predicted molar refractivity (Wildman–Crippen MR) is 134 cm³/mol. The molecule has 2 aliphatic heterocycles. The molecule has 1 amide bonds. The van der Waals surface area contributed by atoms with Gasteiger partial charge in [-0.2, -0.15) is 0 Å². The van der Waals surface area contributed by atoms with Gasteiger partial charge in [0.1, 0.15) is 5.82 Å². The topological polar surface area (TPSA) is 67.8 Å². The van der Waals surface area contributed by atoms with Gasteiger partial charge in [-0.25, -0.2) is 14.4 Å². The summed E-state index contributed by atoms with van der Waals surface area (Å²) in [5.41, 5.74) is 1.71. The SMILES string of the molecule is COCc1cnc(CN2CCC([C@H]3CC3CCOc3ccc(CC(=O)N4CCC4)cc3F)CC2)nc1. The minimum absolute atomic E-state index is 0.0739. The number of likely N-dealkylation sites (tertiary alicyclic amines) is 2. The lowest BCUT2D eigenvalue weighted by atomic mass is 9.90. The van der Waals surface area contributed by atoms with Crippen molar-refractivity contribution in [1.82, 2.24) is 19.8 Å². The number of nitrogens with zero attached hydrogens (tertiary/aromatic N) is 4. The number of aromatic nitrogens is 2. The Hall–Kier alpha value is -2.58. The zero-order chi connectivity index (χ0) is 24.9. The summed E-state index contributed by atoms with van der Waals surface area (Å²) < 4.78 is 25.4. The molecule has 7 nitrogen and oxygen atoms in total. The molecule has 8 heteroatoms. The normalized spacial score (nSPS) is 22.3. The minimum atomic E-state index is -0.374. The maximum Gasteiger partial charge on any atom is 0.226 e. The molecule has 5 rings (SSSR count). The molecular formula is C28H37FN4O3.